The van der Waals surface area contributed by atoms with E-state index >= 15 is 4.79 Å². The van der Waals surface area contributed by atoms with Crippen LogP contribution in [0.4, 0.5) is 11.5 Å². The second-order valence-electron chi connectivity index (χ2n) is 15.7. The molecule has 2 saturated heterocycles. The van der Waals surface area contributed by atoms with Gasteiger partial charge < -0.3 is 15.3 Å². The molecule has 2 aliphatic carbocycles. The summed E-state index contributed by atoms with van der Waals surface area (Å²) >= 11 is 7.85. The maximum Gasteiger partial charge on any atom is 0.339 e. The molecular formula is C44H37ClN4O8S. The van der Waals surface area contributed by atoms with E-state index in [2.05, 4.69) is 6.58 Å². The number of phenolic OH excluding ortho intramolecular Hbond substituents is 1. The van der Waals surface area contributed by atoms with Crippen LogP contribution in [-0.4, -0.2) is 54.7 Å². The Bertz CT molecular complexity index is 2730. The van der Waals surface area contributed by atoms with Crippen LogP contribution in [0.1, 0.15) is 52.7 Å². The van der Waals surface area contributed by atoms with Crippen LogP contribution >= 0.6 is 22.9 Å². The van der Waals surface area contributed by atoms with Crippen molar-refractivity contribution < 1.29 is 39.3 Å². The standard InChI is InChI=1S/C44H37ClN4O8S/c1-5-7-21-8-6-9-27(37(21)51)36-24-13-14-26-35(41(54)48(39(26)52)23-11-12-25(42(55)56)32(50)17-23)29(24)18-30-40(53)49(43(57)44(30,36)3)34-19-31(46-47(34)4)38-20(2)28-16-22(45)10-15-33(28)58-38/h5-6,8-13,15-17,19,26,29-30,35-36,50-51H,1,7,14,18H2,2-4H3,(H,55,56)/t26-,29+,30-,35-,36+,44+/m0/s1. The number of anilines is 2. The molecule has 4 amide bonds. The number of thiophene rings is 1. The SMILES string of the molecule is C=CCc1cccc([C@H]2C3=CC[C@@H]4C(=O)N(c5ccc(C(=O)O)c(O)c5)C(=O)[C@@H]4[C@@H]3C[C@H]3C(=O)N(c4cc(-c5sc6ccc(Cl)cc6c5C)nn4C)C(=O)[C@@]23C)c1O. The number of halogens is 1. The lowest BCUT2D eigenvalue weighted by Gasteiger charge is -2.49. The Hall–Kier alpha value is -6.05. The highest BCUT2D eigenvalue weighted by atomic mass is 35.5. The largest absolute Gasteiger partial charge is 0.507 e. The number of aryl methyl sites for hydroxylation is 2. The van der Waals surface area contributed by atoms with Gasteiger partial charge in [-0.25, -0.2) is 14.6 Å². The van der Waals surface area contributed by atoms with Gasteiger partial charge in [-0.15, -0.1) is 17.9 Å². The summed E-state index contributed by atoms with van der Waals surface area (Å²) in [7, 11) is 1.68. The van der Waals surface area contributed by atoms with Crippen molar-refractivity contribution in [3.8, 4) is 22.1 Å². The van der Waals surface area contributed by atoms with Gasteiger partial charge in [0, 0.05) is 40.4 Å². The number of rotatable bonds is 7. The first kappa shape index (κ1) is 37.5. The molecule has 3 aromatic carbocycles. The summed E-state index contributed by atoms with van der Waals surface area (Å²) in [5, 5.41) is 38.2. The number of benzene rings is 3. The molecule has 9 rings (SSSR count). The average Bonchev–Trinajstić information content (AvgIpc) is 3.86. The highest BCUT2D eigenvalue weighted by Crippen LogP contribution is 2.65. The van der Waals surface area contributed by atoms with Crippen molar-refractivity contribution in [3.05, 3.63) is 112 Å². The molecule has 3 fully saturated rings. The smallest absolute Gasteiger partial charge is 0.339 e. The van der Waals surface area contributed by atoms with Crippen LogP contribution in [-0.2, 0) is 32.6 Å². The molecule has 2 aliphatic heterocycles. The Morgan fingerprint density at radius 1 is 1.02 bits per heavy atom. The number of hydrogen-bond acceptors (Lipinski definition) is 9. The van der Waals surface area contributed by atoms with Crippen molar-refractivity contribution in [2.45, 2.75) is 39.0 Å². The minimum atomic E-state index is -1.42. The molecule has 0 unspecified atom stereocenters. The van der Waals surface area contributed by atoms with Crippen molar-refractivity contribution in [1.82, 2.24) is 9.78 Å². The van der Waals surface area contributed by atoms with Gasteiger partial charge in [0.2, 0.25) is 23.6 Å². The Morgan fingerprint density at radius 2 is 1.79 bits per heavy atom. The van der Waals surface area contributed by atoms with E-state index < -0.39 is 70.4 Å². The van der Waals surface area contributed by atoms with Crippen molar-refractivity contribution in [2.75, 3.05) is 9.80 Å². The average molecular weight is 817 g/mol. The van der Waals surface area contributed by atoms with E-state index in [1.165, 1.54) is 27.0 Å². The fourth-order valence-electron chi connectivity index (χ4n) is 10.1. The van der Waals surface area contributed by atoms with Crippen LogP contribution in [0.25, 0.3) is 20.7 Å². The fourth-order valence-corrected chi connectivity index (χ4v) is 11.4. The number of carbonyl (C=O) groups is 5. The van der Waals surface area contributed by atoms with Crippen molar-refractivity contribution >= 4 is 74.1 Å². The zero-order valence-electron chi connectivity index (χ0n) is 31.6. The minimum absolute atomic E-state index is 0.0303. The molecule has 6 atom stereocenters. The number of hydrogen-bond donors (Lipinski definition) is 3. The molecule has 2 aromatic heterocycles. The van der Waals surface area contributed by atoms with E-state index in [4.69, 9.17) is 16.7 Å². The molecule has 58 heavy (non-hydrogen) atoms. The number of nitrogens with zero attached hydrogens (tertiary/aromatic N) is 4. The molecule has 14 heteroatoms. The van der Waals surface area contributed by atoms with Crippen molar-refractivity contribution in [3.63, 3.8) is 0 Å². The van der Waals surface area contributed by atoms with Gasteiger partial charge in [-0.05, 0) is 85.9 Å². The third-order valence-electron chi connectivity index (χ3n) is 12.8. The van der Waals surface area contributed by atoms with Crippen LogP contribution < -0.4 is 9.80 Å². The number of para-hydroxylation sites is 1. The number of imide groups is 2. The number of allylic oxidation sites excluding steroid dienone is 3. The Kier molecular flexibility index (Phi) is 8.57. The number of aromatic carboxylic acids is 1. The molecular weight excluding hydrogens is 780 g/mol. The van der Waals surface area contributed by atoms with Gasteiger partial charge >= 0.3 is 5.97 Å². The molecule has 4 aliphatic rings. The number of carboxylic acid groups (broad SMARTS) is 1. The van der Waals surface area contributed by atoms with Crippen LogP contribution in [0.2, 0.25) is 5.02 Å². The van der Waals surface area contributed by atoms with Crippen LogP contribution in [0.5, 0.6) is 11.5 Å². The quantitative estimate of drug-likeness (QED) is 0.111. The van der Waals surface area contributed by atoms with Crippen LogP contribution in [0, 0.1) is 36.0 Å². The van der Waals surface area contributed by atoms with E-state index in [0.29, 0.717) is 33.8 Å². The third kappa shape index (κ3) is 5.18. The zero-order valence-corrected chi connectivity index (χ0v) is 33.2. The second kappa shape index (κ2) is 13.2. The minimum Gasteiger partial charge on any atom is -0.507 e. The van der Waals surface area contributed by atoms with Gasteiger partial charge in [0.25, 0.3) is 0 Å². The lowest BCUT2D eigenvalue weighted by Crippen LogP contribution is -2.49. The van der Waals surface area contributed by atoms with E-state index in [9.17, 15) is 34.5 Å². The van der Waals surface area contributed by atoms with E-state index in [1.54, 1.807) is 44.3 Å². The van der Waals surface area contributed by atoms with Gasteiger partial charge in [-0.3, -0.25) is 23.9 Å². The first-order chi connectivity index (χ1) is 27.7. The highest BCUT2D eigenvalue weighted by molar-refractivity contribution is 7.22. The summed E-state index contributed by atoms with van der Waals surface area (Å²) in [6.07, 6.45) is 4.11. The first-order valence-electron chi connectivity index (χ1n) is 18.8. The molecule has 0 bridgehead atoms. The van der Waals surface area contributed by atoms with Gasteiger partial charge in [-0.1, -0.05) is 47.5 Å². The summed E-state index contributed by atoms with van der Waals surface area (Å²) in [4.78, 5) is 73.4. The summed E-state index contributed by atoms with van der Waals surface area (Å²) in [6.45, 7) is 7.56. The topological polar surface area (TPSA) is 170 Å². The molecule has 0 spiro atoms. The predicted molar refractivity (Wildman–Crippen MR) is 218 cm³/mol. The predicted octanol–water partition coefficient (Wildman–Crippen LogP) is 7.54. The number of phenols is 2. The van der Waals surface area contributed by atoms with Crippen molar-refractivity contribution in [2.24, 2.45) is 36.1 Å². The molecule has 4 heterocycles. The van der Waals surface area contributed by atoms with Crippen molar-refractivity contribution in [1.29, 1.82) is 0 Å². The third-order valence-corrected chi connectivity index (χ3v) is 14.3. The Balaban J connectivity index is 1.16. The number of aromatic nitrogens is 2. The zero-order chi connectivity index (χ0) is 41.1. The maximum atomic E-state index is 15.2. The molecule has 12 nitrogen and oxygen atoms in total. The van der Waals surface area contributed by atoms with Crippen LogP contribution in [0.3, 0.4) is 0 Å². The normalized spacial score (nSPS) is 25.2. The summed E-state index contributed by atoms with van der Waals surface area (Å²) < 4.78 is 2.53. The molecule has 3 N–H and O–H groups in total. The monoisotopic (exact) mass is 816 g/mol. The molecule has 0 radical (unpaired) electrons. The number of carboxylic acids is 1. The van der Waals surface area contributed by atoms with Gasteiger partial charge in [0.15, 0.2) is 0 Å². The fraction of sp³-hybridized carbons (Fsp3) is 0.273. The molecule has 5 aromatic rings. The highest BCUT2D eigenvalue weighted by Gasteiger charge is 2.68. The van der Waals surface area contributed by atoms with Gasteiger partial charge in [-0.2, -0.15) is 5.10 Å². The summed E-state index contributed by atoms with van der Waals surface area (Å²) in [6, 6.07) is 16.2. The number of carbonyl (C=O) groups excluding carboxylic acids is 4. The summed E-state index contributed by atoms with van der Waals surface area (Å²) in [5.41, 5.74) is 1.47. The van der Waals surface area contributed by atoms with Gasteiger partial charge in [0.1, 0.15) is 28.6 Å². The number of amides is 4. The summed E-state index contributed by atoms with van der Waals surface area (Å²) in [5.74, 6) is -7.97. The second-order valence-corrected chi connectivity index (χ2v) is 17.2. The lowest BCUT2D eigenvalue weighted by atomic mass is 9.51. The number of fused-ring (bicyclic) bond motifs is 5. The van der Waals surface area contributed by atoms with E-state index in [-0.39, 0.29) is 35.7 Å². The Morgan fingerprint density at radius 3 is 2.52 bits per heavy atom. The first-order valence-corrected chi connectivity index (χ1v) is 20.0. The van der Waals surface area contributed by atoms with Crippen LogP contribution in [0.15, 0.2) is 85.0 Å². The lowest BCUT2D eigenvalue weighted by molar-refractivity contribution is -0.131. The van der Waals surface area contributed by atoms with E-state index in [0.717, 1.165) is 37.6 Å². The molecule has 294 valence electrons. The Labute approximate surface area is 341 Å². The molecule has 1 saturated carbocycles. The van der Waals surface area contributed by atoms with Gasteiger partial charge in [0.05, 0.1) is 33.7 Å². The maximum absolute atomic E-state index is 15.2. The van der Waals surface area contributed by atoms with E-state index in [1.807, 2.05) is 31.2 Å². The number of aromatic hydroxyl groups is 2.